The number of fused-ring (bicyclic) bond motifs is 2. The van der Waals surface area contributed by atoms with Crippen LogP contribution < -0.4 is 5.32 Å². The van der Waals surface area contributed by atoms with Crippen molar-refractivity contribution in [1.29, 1.82) is 0 Å². The number of nitrogens with one attached hydrogen (secondary N) is 1. The van der Waals surface area contributed by atoms with Gasteiger partial charge in [-0.2, -0.15) is 0 Å². The van der Waals surface area contributed by atoms with Gasteiger partial charge in [0.25, 0.3) is 0 Å². The molecule has 110 valence electrons. The first kappa shape index (κ1) is 13.9. The molecule has 4 nitrogen and oxygen atoms in total. The molecule has 3 rings (SSSR count). The summed E-state index contributed by atoms with van der Waals surface area (Å²) in [5.41, 5.74) is 0.761. The summed E-state index contributed by atoms with van der Waals surface area (Å²) in [6.07, 6.45) is 4.99. The highest BCUT2D eigenvalue weighted by Crippen LogP contribution is 2.48. The van der Waals surface area contributed by atoms with Crippen molar-refractivity contribution in [2.75, 3.05) is 11.9 Å². The molecule has 0 unspecified atom stereocenters. The van der Waals surface area contributed by atoms with E-state index in [1.54, 1.807) is 6.92 Å². The number of hydrogen-bond donors (Lipinski definition) is 1. The summed E-state index contributed by atoms with van der Waals surface area (Å²) in [5, 5.41) is 2.92. The van der Waals surface area contributed by atoms with Gasteiger partial charge in [-0.25, -0.2) is 0 Å². The van der Waals surface area contributed by atoms with Gasteiger partial charge < -0.3 is 10.1 Å². The average Bonchev–Trinajstić information content (AvgIpc) is 3.09. The number of allylic oxidation sites excluding steroid dienone is 2. The standard InChI is InChI=1S/C17H19NO3/c1-2-21-17(20)15-12-9-8-11(10-12)14(15)16(19)18-13-6-4-3-5-7-13/h3-9,11-12,14-15H,2,10H2,1H3,(H,18,19)/t11-,12+,14-,15+/m0/s1. The fourth-order valence-electron chi connectivity index (χ4n) is 3.49. The molecule has 1 N–H and O–H groups in total. The second kappa shape index (κ2) is 5.72. The van der Waals surface area contributed by atoms with Crippen LogP contribution in [0.2, 0.25) is 0 Å². The van der Waals surface area contributed by atoms with Crippen LogP contribution >= 0.6 is 0 Å². The maximum absolute atomic E-state index is 12.6. The van der Waals surface area contributed by atoms with Gasteiger partial charge in [0.2, 0.25) is 5.91 Å². The molecule has 0 heterocycles. The highest BCUT2D eigenvalue weighted by Gasteiger charge is 2.52. The van der Waals surface area contributed by atoms with E-state index in [0.717, 1.165) is 12.1 Å². The molecule has 1 fully saturated rings. The third kappa shape index (κ3) is 2.58. The Balaban J connectivity index is 1.77. The Kier molecular flexibility index (Phi) is 3.78. The summed E-state index contributed by atoms with van der Waals surface area (Å²) in [7, 11) is 0. The number of amides is 1. The van der Waals surface area contributed by atoms with Crippen LogP contribution in [0.4, 0.5) is 5.69 Å². The predicted molar refractivity (Wildman–Crippen MR) is 79.4 cm³/mol. The van der Waals surface area contributed by atoms with E-state index >= 15 is 0 Å². The number of carbonyl (C=O) groups excluding carboxylic acids is 2. The lowest BCUT2D eigenvalue weighted by molar-refractivity contribution is -0.152. The summed E-state index contributed by atoms with van der Waals surface area (Å²) in [4.78, 5) is 24.7. The molecule has 4 atom stereocenters. The molecule has 1 saturated carbocycles. The molecular weight excluding hydrogens is 266 g/mol. The second-order valence-electron chi connectivity index (χ2n) is 5.61. The zero-order chi connectivity index (χ0) is 14.8. The van der Waals surface area contributed by atoms with Gasteiger partial charge in [0.1, 0.15) is 0 Å². The van der Waals surface area contributed by atoms with Crippen molar-refractivity contribution < 1.29 is 14.3 Å². The van der Waals surface area contributed by atoms with E-state index < -0.39 is 0 Å². The topological polar surface area (TPSA) is 55.4 Å². The van der Waals surface area contributed by atoms with E-state index in [-0.39, 0.29) is 35.5 Å². The number of para-hydroxylation sites is 1. The zero-order valence-corrected chi connectivity index (χ0v) is 12.0. The smallest absolute Gasteiger partial charge is 0.310 e. The van der Waals surface area contributed by atoms with Gasteiger partial charge in [0.15, 0.2) is 0 Å². The minimum Gasteiger partial charge on any atom is -0.466 e. The Morgan fingerprint density at radius 1 is 1.14 bits per heavy atom. The predicted octanol–water partition coefficient (Wildman–Crippen LogP) is 2.63. The van der Waals surface area contributed by atoms with E-state index in [0.29, 0.717) is 6.61 Å². The van der Waals surface area contributed by atoms with Crippen LogP contribution in [-0.2, 0) is 14.3 Å². The van der Waals surface area contributed by atoms with Gasteiger partial charge in [0.05, 0.1) is 18.4 Å². The lowest BCUT2D eigenvalue weighted by Gasteiger charge is -2.25. The van der Waals surface area contributed by atoms with Crippen LogP contribution in [0.1, 0.15) is 13.3 Å². The third-order valence-corrected chi connectivity index (χ3v) is 4.36. The van der Waals surface area contributed by atoms with Gasteiger partial charge in [-0.05, 0) is 37.3 Å². The Bertz CT molecular complexity index is 567. The maximum Gasteiger partial charge on any atom is 0.310 e. The normalized spacial score (nSPS) is 29.4. The minimum atomic E-state index is -0.344. The molecule has 0 aromatic heterocycles. The molecule has 1 aromatic rings. The molecule has 0 saturated heterocycles. The van der Waals surface area contributed by atoms with Gasteiger partial charge in [-0.3, -0.25) is 9.59 Å². The van der Waals surface area contributed by atoms with Crippen molar-refractivity contribution in [2.24, 2.45) is 23.7 Å². The van der Waals surface area contributed by atoms with E-state index in [1.165, 1.54) is 0 Å². The number of anilines is 1. The van der Waals surface area contributed by atoms with Crippen LogP contribution in [0.25, 0.3) is 0 Å². The van der Waals surface area contributed by atoms with E-state index in [9.17, 15) is 9.59 Å². The summed E-state index contributed by atoms with van der Waals surface area (Å²) >= 11 is 0. The summed E-state index contributed by atoms with van der Waals surface area (Å²) in [6, 6.07) is 9.34. The van der Waals surface area contributed by atoms with Crippen LogP contribution in [0.3, 0.4) is 0 Å². The molecular formula is C17H19NO3. The molecule has 2 bridgehead atoms. The van der Waals surface area contributed by atoms with Crippen LogP contribution in [0.5, 0.6) is 0 Å². The maximum atomic E-state index is 12.6. The van der Waals surface area contributed by atoms with Gasteiger partial charge in [0, 0.05) is 5.69 Å². The fraction of sp³-hybridized carbons (Fsp3) is 0.412. The number of ether oxygens (including phenoxy) is 1. The first-order valence-corrected chi connectivity index (χ1v) is 7.41. The Morgan fingerprint density at radius 3 is 2.48 bits per heavy atom. The third-order valence-electron chi connectivity index (χ3n) is 4.36. The van der Waals surface area contributed by atoms with Gasteiger partial charge in [-0.1, -0.05) is 30.4 Å². The summed E-state index contributed by atoms with van der Waals surface area (Å²) in [6.45, 7) is 2.14. The van der Waals surface area contributed by atoms with E-state index in [2.05, 4.69) is 17.5 Å². The average molecular weight is 285 g/mol. The van der Waals surface area contributed by atoms with E-state index in [4.69, 9.17) is 4.74 Å². The molecule has 0 spiro atoms. The molecule has 0 aliphatic heterocycles. The van der Waals surface area contributed by atoms with Crippen molar-refractivity contribution in [2.45, 2.75) is 13.3 Å². The fourth-order valence-corrected chi connectivity index (χ4v) is 3.49. The van der Waals surface area contributed by atoms with Crippen molar-refractivity contribution >= 4 is 17.6 Å². The molecule has 2 aliphatic rings. The Hall–Kier alpha value is -2.10. The zero-order valence-electron chi connectivity index (χ0n) is 12.0. The quantitative estimate of drug-likeness (QED) is 0.683. The molecule has 1 amide bonds. The second-order valence-corrected chi connectivity index (χ2v) is 5.61. The highest BCUT2D eigenvalue weighted by atomic mass is 16.5. The van der Waals surface area contributed by atoms with Crippen molar-refractivity contribution in [3.63, 3.8) is 0 Å². The largest absolute Gasteiger partial charge is 0.466 e. The lowest BCUT2D eigenvalue weighted by Crippen LogP contribution is -2.37. The lowest BCUT2D eigenvalue weighted by atomic mass is 9.82. The number of hydrogen-bond acceptors (Lipinski definition) is 3. The Morgan fingerprint density at radius 2 is 1.81 bits per heavy atom. The van der Waals surface area contributed by atoms with Crippen molar-refractivity contribution in [3.8, 4) is 0 Å². The summed E-state index contributed by atoms with van der Waals surface area (Å²) in [5.74, 6) is -0.713. The SMILES string of the molecule is CCOC(=O)[C@H]1[C@@H](C(=O)Nc2ccccc2)[C@H]2C=C[C@@H]1C2. The van der Waals surface area contributed by atoms with Gasteiger partial charge >= 0.3 is 5.97 Å². The number of carbonyl (C=O) groups is 2. The first-order chi connectivity index (χ1) is 10.2. The molecule has 2 aliphatic carbocycles. The van der Waals surface area contributed by atoms with Crippen molar-refractivity contribution in [1.82, 2.24) is 0 Å². The number of esters is 1. The highest BCUT2D eigenvalue weighted by molar-refractivity contribution is 5.96. The minimum absolute atomic E-state index is 0.0869. The van der Waals surface area contributed by atoms with Crippen LogP contribution in [-0.4, -0.2) is 18.5 Å². The molecule has 4 heteroatoms. The van der Waals surface area contributed by atoms with Crippen LogP contribution in [0, 0.1) is 23.7 Å². The van der Waals surface area contributed by atoms with Crippen LogP contribution in [0.15, 0.2) is 42.5 Å². The monoisotopic (exact) mass is 285 g/mol. The molecule has 1 aromatic carbocycles. The molecule has 21 heavy (non-hydrogen) atoms. The molecule has 0 radical (unpaired) electrons. The van der Waals surface area contributed by atoms with Crippen molar-refractivity contribution in [3.05, 3.63) is 42.5 Å². The van der Waals surface area contributed by atoms with E-state index in [1.807, 2.05) is 30.3 Å². The van der Waals surface area contributed by atoms with Gasteiger partial charge in [-0.15, -0.1) is 0 Å². The Labute approximate surface area is 124 Å². The number of benzene rings is 1. The first-order valence-electron chi connectivity index (χ1n) is 7.41. The summed E-state index contributed by atoms with van der Waals surface area (Å²) < 4.78 is 5.16. The number of rotatable bonds is 4.